The predicted molar refractivity (Wildman–Crippen MR) is 87.0 cm³/mol. The van der Waals surface area contributed by atoms with Crippen LogP contribution in [0.1, 0.15) is 6.42 Å². The van der Waals surface area contributed by atoms with Crippen LogP contribution in [0.3, 0.4) is 0 Å². The second-order valence-corrected chi connectivity index (χ2v) is 6.34. The number of thioether (sulfide) groups is 1. The number of ether oxygens (including phenoxy) is 1. The van der Waals surface area contributed by atoms with Crippen LogP contribution in [-0.4, -0.2) is 40.7 Å². The summed E-state index contributed by atoms with van der Waals surface area (Å²) in [6.45, 7) is 1.31. The third-order valence-electron chi connectivity index (χ3n) is 3.63. The fraction of sp³-hybridized carbons (Fsp3) is 0.294. The van der Waals surface area contributed by atoms with E-state index in [1.807, 2.05) is 17.0 Å². The monoisotopic (exact) mass is 332 g/mol. The molecule has 1 amide bonds. The Balaban J connectivity index is 1.46. The molecule has 1 aromatic heterocycles. The molecule has 0 bridgehead atoms. The summed E-state index contributed by atoms with van der Waals surface area (Å²) >= 11 is 1.42. The van der Waals surface area contributed by atoms with Crippen molar-refractivity contribution in [2.24, 2.45) is 0 Å². The molecule has 4 nitrogen and oxygen atoms in total. The van der Waals surface area contributed by atoms with E-state index < -0.39 is 0 Å². The van der Waals surface area contributed by atoms with E-state index in [0.717, 1.165) is 17.1 Å². The predicted octanol–water partition coefficient (Wildman–Crippen LogP) is 2.99. The number of hydrogen-bond acceptors (Lipinski definition) is 4. The van der Waals surface area contributed by atoms with Crippen LogP contribution in [-0.2, 0) is 4.79 Å². The van der Waals surface area contributed by atoms with E-state index in [1.54, 1.807) is 24.5 Å². The van der Waals surface area contributed by atoms with Crippen LogP contribution >= 0.6 is 11.8 Å². The highest BCUT2D eigenvalue weighted by Crippen LogP contribution is 2.21. The lowest BCUT2D eigenvalue weighted by atomic mass is 10.3. The summed E-state index contributed by atoms with van der Waals surface area (Å²) in [7, 11) is 0. The summed E-state index contributed by atoms with van der Waals surface area (Å²) < 4.78 is 18.7. The Morgan fingerprint density at radius 3 is 2.74 bits per heavy atom. The Morgan fingerprint density at radius 2 is 2.00 bits per heavy atom. The first-order valence-electron chi connectivity index (χ1n) is 7.43. The molecule has 0 radical (unpaired) electrons. The van der Waals surface area contributed by atoms with Gasteiger partial charge in [0.2, 0.25) is 5.91 Å². The average Bonchev–Trinajstić information content (AvgIpc) is 3.03. The standard InChI is InChI=1S/C17H17FN2O2S/c18-13-1-3-16(4-2-13)23-12-17(21)20-10-7-15(11-20)22-14-5-8-19-9-6-14/h1-6,8-9,15H,7,10-12H2/t15-/m0/s1. The van der Waals surface area contributed by atoms with Crippen LogP contribution in [0.5, 0.6) is 5.75 Å². The highest BCUT2D eigenvalue weighted by Gasteiger charge is 2.27. The van der Waals surface area contributed by atoms with Crippen molar-refractivity contribution in [1.82, 2.24) is 9.88 Å². The minimum absolute atomic E-state index is 0.0252. The maximum atomic E-state index is 12.9. The third kappa shape index (κ3) is 4.45. The number of aromatic nitrogens is 1. The van der Waals surface area contributed by atoms with E-state index in [9.17, 15) is 9.18 Å². The summed E-state index contributed by atoms with van der Waals surface area (Å²) in [6.07, 6.45) is 4.23. The van der Waals surface area contributed by atoms with Crippen molar-refractivity contribution in [2.45, 2.75) is 17.4 Å². The van der Waals surface area contributed by atoms with Gasteiger partial charge in [0.15, 0.2) is 0 Å². The molecule has 23 heavy (non-hydrogen) atoms. The highest BCUT2D eigenvalue weighted by atomic mass is 32.2. The first kappa shape index (κ1) is 15.8. The third-order valence-corrected chi connectivity index (χ3v) is 4.62. The number of likely N-dealkylation sites (tertiary alicyclic amines) is 1. The van der Waals surface area contributed by atoms with Crippen LogP contribution in [0, 0.1) is 5.82 Å². The molecule has 2 aromatic rings. The minimum atomic E-state index is -0.267. The van der Waals surface area contributed by atoms with E-state index >= 15 is 0 Å². The molecule has 120 valence electrons. The van der Waals surface area contributed by atoms with Gasteiger partial charge in [-0.05, 0) is 36.4 Å². The van der Waals surface area contributed by atoms with Crippen molar-refractivity contribution in [3.8, 4) is 5.75 Å². The molecule has 2 heterocycles. The molecule has 1 aromatic carbocycles. The topological polar surface area (TPSA) is 42.4 Å². The number of carbonyl (C=O) groups excluding carboxylic acids is 1. The van der Waals surface area contributed by atoms with Crippen LogP contribution in [0.2, 0.25) is 0 Å². The fourth-order valence-corrected chi connectivity index (χ4v) is 3.23. The Hall–Kier alpha value is -2.08. The molecule has 1 atom stereocenters. The number of halogens is 1. The Kier molecular flexibility index (Phi) is 5.12. The Bertz CT molecular complexity index is 651. The van der Waals surface area contributed by atoms with Gasteiger partial charge in [0.05, 0.1) is 12.3 Å². The lowest BCUT2D eigenvalue weighted by molar-refractivity contribution is -0.127. The van der Waals surface area contributed by atoms with Gasteiger partial charge in [-0.1, -0.05) is 0 Å². The lowest BCUT2D eigenvalue weighted by Crippen LogP contribution is -2.32. The highest BCUT2D eigenvalue weighted by molar-refractivity contribution is 8.00. The van der Waals surface area contributed by atoms with Gasteiger partial charge in [0, 0.05) is 30.3 Å². The van der Waals surface area contributed by atoms with Gasteiger partial charge in [-0.2, -0.15) is 0 Å². The number of benzene rings is 1. The smallest absolute Gasteiger partial charge is 0.233 e. The molecule has 0 N–H and O–H groups in total. The first-order valence-corrected chi connectivity index (χ1v) is 8.42. The molecule has 0 aliphatic carbocycles. The van der Waals surface area contributed by atoms with Crippen molar-refractivity contribution < 1.29 is 13.9 Å². The van der Waals surface area contributed by atoms with E-state index in [0.29, 0.717) is 18.8 Å². The SMILES string of the molecule is O=C(CSc1ccc(F)cc1)N1CC[C@H](Oc2ccncc2)C1. The zero-order valence-corrected chi connectivity index (χ0v) is 13.3. The van der Waals surface area contributed by atoms with E-state index in [2.05, 4.69) is 4.98 Å². The first-order chi connectivity index (χ1) is 11.2. The molecular weight excluding hydrogens is 315 g/mol. The van der Waals surface area contributed by atoms with Crippen LogP contribution in [0.15, 0.2) is 53.7 Å². The van der Waals surface area contributed by atoms with Gasteiger partial charge in [-0.3, -0.25) is 9.78 Å². The van der Waals surface area contributed by atoms with Gasteiger partial charge in [-0.15, -0.1) is 11.8 Å². The summed E-state index contributed by atoms with van der Waals surface area (Å²) in [4.78, 5) is 18.9. The van der Waals surface area contributed by atoms with E-state index in [1.165, 1.54) is 23.9 Å². The molecule has 1 fully saturated rings. The van der Waals surface area contributed by atoms with Crippen molar-refractivity contribution in [3.63, 3.8) is 0 Å². The molecule has 1 aliphatic heterocycles. The molecule has 1 saturated heterocycles. The second kappa shape index (κ2) is 7.46. The van der Waals surface area contributed by atoms with Gasteiger partial charge in [0.1, 0.15) is 17.7 Å². The molecule has 6 heteroatoms. The van der Waals surface area contributed by atoms with Gasteiger partial charge in [0.25, 0.3) is 0 Å². The molecule has 0 unspecified atom stereocenters. The maximum absolute atomic E-state index is 12.9. The number of pyridine rings is 1. The number of carbonyl (C=O) groups is 1. The minimum Gasteiger partial charge on any atom is -0.488 e. The number of amides is 1. The summed E-state index contributed by atoms with van der Waals surface area (Å²) in [5, 5.41) is 0. The van der Waals surface area contributed by atoms with E-state index in [-0.39, 0.29) is 17.8 Å². The zero-order chi connectivity index (χ0) is 16.1. The van der Waals surface area contributed by atoms with Crippen molar-refractivity contribution in [3.05, 3.63) is 54.6 Å². The normalized spacial score (nSPS) is 17.3. The number of rotatable bonds is 5. The molecular formula is C17H17FN2O2S. The van der Waals surface area contributed by atoms with Crippen LogP contribution in [0.25, 0.3) is 0 Å². The van der Waals surface area contributed by atoms with Gasteiger partial charge < -0.3 is 9.64 Å². The van der Waals surface area contributed by atoms with Gasteiger partial charge >= 0.3 is 0 Å². The fourth-order valence-electron chi connectivity index (χ4n) is 2.43. The average molecular weight is 332 g/mol. The number of hydrogen-bond donors (Lipinski definition) is 0. The second-order valence-electron chi connectivity index (χ2n) is 5.29. The lowest BCUT2D eigenvalue weighted by Gasteiger charge is -2.17. The van der Waals surface area contributed by atoms with Crippen LogP contribution in [0.4, 0.5) is 4.39 Å². The van der Waals surface area contributed by atoms with Crippen molar-refractivity contribution >= 4 is 17.7 Å². The van der Waals surface area contributed by atoms with Crippen molar-refractivity contribution in [2.75, 3.05) is 18.8 Å². The molecule has 1 aliphatic rings. The maximum Gasteiger partial charge on any atom is 0.233 e. The summed E-state index contributed by atoms with van der Waals surface area (Å²) in [5.41, 5.74) is 0. The summed E-state index contributed by atoms with van der Waals surface area (Å²) in [5.74, 6) is 0.949. The summed E-state index contributed by atoms with van der Waals surface area (Å²) in [6, 6.07) is 9.81. The zero-order valence-electron chi connectivity index (χ0n) is 12.5. The largest absolute Gasteiger partial charge is 0.488 e. The molecule has 0 saturated carbocycles. The van der Waals surface area contributed by atoms with Crippen LogP contribution < -0.4 is 4.74 Å². The van der Waals surface area contributed by atoms with Crippen molar-refractivity contribution in [1.29, 1.82) is 0 Å². The Morgan fingerprint density at radius 1 is 1.26 bits per heavy atom. The number of nitrogens with zero attached hydrogens (tertiary/aromatic N) is 2. The quantitative estimate of drug-likeness (QED) is 0.790. The molecule has 3 rings (SSSR count). The van der Waals surface area contributed by atoms with E-state index in [4.69, 9.17) is 4.74 Å². The molecule has 0 spiro atoms. The van der Waals surface area contributed by atoms with Gasteiger partial charge in [-0.25, -0.2) is 4.39 Å². The Labute approximate surface area is 138 Å².